The molecular formula is C18H13Cl2N3O4S2. The van der Waals surface area contributed by atoms with E-state index in [1.165, 1.54) is 12.1 Å². The SMILES string of the molecule is O=C(CSc1ncc(S(=O)(=O)c2ccc(Cl)c(Cl)c2)c(=O)[nH]1)Nc1ccccc1. The van der Waals surface area contributed by atoms with Gasteiger partial charge in [0, 0.05) is 5.69 Å². The molecule has 0 saturated carbocycles. The summed E-state index contributed by atoms with van der Waals surface area (Å²) in [5.74, 6) is -0.312. The normalized spacial score (nSPS) is 11.2. The van der Waals surface area contributed by atoms with E-state index >= 15 is 0 Å². The van der Waals surface area contributed by atoms with E-state index in [9.17, 15) is 18.0 Å². The number of anilines is 1. The van der Waals surface area contributed by atoms with E-state index in [0.717, 1.165) is 24.0 Å². The van der Waals surface area contributed by atoms with Crippen LogP contribution < -0.4 is 10.9 Å². The fraction of sp³-hybridized carbons (Fsp3) is 0.0556. The van der Waals surface area contributed by atoms with Crippen molar-refractivity contribution in [2.75, 3.05) is 11.1 Å². The van der Waals surface area contributed by atoms with E-state index in [1.807, 2.05) is 6.07 Å². The molecule has 0 unspecified atom stereocenters. The number of aromatic amines is 1. The van der Waals surface area contributed by atoms with Gasteiger partial charge in [0.15, 0.2) is 10.1 Å². The number of nitrogens with one attached hydrogen (secondary N) is 2. The van der Waals surface area contributed by atoms with E-state index in [4.69, 9.17) is 23.2 Å². The molecular weight excluding hydrogens is 457 g/mol. The second-order valence-corrected chi connectivity index (χ2v) is 9.36. The largest absolute Gasteiger partial charge is 0.325 e. The van der Waals surface area contributed by atoms with Crippen LogP contribution in [-0.4, -0.2) is 30.0 Å². The Morgan fingerprint density at radius 1 is 1.10 bits per heavy atom. The molecule has 1 amide bonds. The van der Waals surface area contributed by atoms with Crippen molar-refractivity contribution in [3.05, 3.63) is 75.1 Å². The van der Waals surface area contributed by atoms with Crippen LogP contribution >= 0.6 is 35.0 Å². The molecule has 0 saturated heterocycles. The Balaban J connectivity index is 1.73. The van der Waals surface area contributed by atoms with Crippen molar-refractivity contribution < 1.29 is 13.2 Å². The molecule has 11 heteroatoms. The number of carbonyl (C=O) groups excluding carboxylic acids is 1. The van der Waals surface area contributed by atoms with E-state index in [2.05, 4.69) is 15.3 Å². The smallest absolute Gasteiger partial charge is 0.270 e. The third kappa shape index (κ3) is 5.18. The summed E-state index contributed by atoms with van der Waals surface area (Å²) >= 11 is 12.6. The van der Waals surface area contributed by atoms with Crippen molar-refractivity contribution in [3.63, 3.8) is 0 Å². The number of benzene rings is 2. The molecule has 2 N–H and O–H groups in total. The molecule has 0 spiro atoms. The molecule has 3 aromatic rings. The minimum Gasteiger partial charge on any atom is -0.325 e. The number of rotatable bonds is 6. The van der Waals surface area contributed by atoms with Crippen molar-refractivity contribution in [3.8, 4) is 0 Å². The highest BCUT2D eigenvalue weighted by Gasteiger charge is 2.23. The molecule has 0 aliphatic carbocycles. The van der Waals surface area contributed by atoms with Crippen molar-refractivity contribution in [2.24, 2.45) is 0 Å². The number of nitrogens with zero attached hydrogens (tertiary/aromatic N) is 1. The fourth-order valence-corrected chi connectivity index (χ4v) is 4.51. The zero-order valence-corrected chi connectivity index (χ0v) is 17.7. The summed E-state index contributed by atoms with van der Waals surface area (Å²) in [5.41, 5.74) is -0.209. The number of carbonyl (C=O) groups is 1. The lowest BCUT2D eigenvalue weighted by Crippen LogP contribution is -2.20. The summed E-state index contributed by atoms with van der Waals surface area (Å²) < 4.78 is 25.3. The van der Waals surface area contributed by atoms with Gasteiger partial charge in [-0.3, -0.25) is 9.59 Å². The Labute approximate surface area is 180 Å². The number of thioether (sulfide) groups is 1. The summed E-state index contributed by atoms with van der Waals surface area (Å²) in [5, 5.41) is 3.05. The Hall–Kier alpha value is -2.33. The maximum absolute atomic E-state index is 12.7. The average molecular weight is 470 g/mol. The third-order valence-corrected chi connectivity index (χ3v) is 7.00. The fourth-order valence-electron chi connectivity index (χ4n) is 2.26. The summed E-state index contributed by atoms with van der Waals surface area (Å²) in [4.78, 5) is 29.9. The highest BCUT2D eigenvalue weighted by molar-refractivity contribution is 7.99. The number of hydrogen-bond donors (Lipinski definition) is 2. The quantitative estimate of drug-likeness (QED) is 0.421. The predicted molar refractivity (Wildman–Crippen MR) is 113 cm³/mol. The molecule has 29 heavy (non-hydrogen) atoms. The van der Waals surface area contributed by atoms with Gasteiger partial charge in [0.05, 0.1) is 26.9 Å². The zero-order valence-electron chi connectivity index (χ0n) is 14.6. The molecule has 3 rings (SSSR count). The van der Waals surface area contributed by atoms with Crippen molar-refractivity contribution in [2.45, 2.75) is 14.9 Å². The summed E-state index contributed by atoms with van der Waals surface area (Å²) in [6.07, 6.45) is 0.952. The standard InChI is InChI=1S/C18H13Cl2N3O4S2/c19-13-7-6-12(8-14(13)20)29(26,27)15-9-21-18(23-17(15)25)28-10-16(24)22-11-4-2-1-3-5-11/h1-9H,10H2,(H,22,24)(H,21,23,25). The predicted octanol–water partition coefficient (Wildman–Crippen LogP) is 3.64. The van der Waals surface area contributed by atoms with Gasteiger partial charge < -0.3 is 10.3 Å². The van der Waals surface area contributed by atoms with Crippen LogP contribution in [0, 0.1) is 0 Å². The van der Waals surface area contributed by atoms with Crippen LogP contribution in [0.25, 0.3) is 0 Å². The molecule has 150 valence electrons. The summed E-state index contributed by atoms with van der Waals surface area (Å²) in [6, 6.07) is 12.6. The lowest BCUT2D eigenvalue weighted by Gasteiger charge is -2.07. The van der Waals surface area contributed by atoms with Crippen LogP contribution in [0.4, 0.5) is 5.69 Å². The van der Waals surface area contributed by atoms with Gasteiger partial charge >= 0.3 is 0 Å². The number of para-hydroxylation sites is 1. The molecule has 0 atom stereocenters. The first-order valence-corrected chi connectivity index (χ1v) is 11.3. The minimum absolute atomic E-state index is 0.0171. The van der Waals surface area contributed by atoms with Gasteiger partial charge in [-0.2, -0.15) is 0 Å². The monoisotopic (exact) mass is 469 g/mol. The van der Waals surface area contributed by atoms with Crippen molar-refractivity contribution in [1.82, 2.24) is 9.97 Å². The highest BCUT2D eigenvalue weighted by atomic mass is 35.5. The first kappa shape index (κ1) is 21.4. The highest BCUT2D eigenvalue weighted by Crippen LogP contribution is 2.27. The first-order chi connectivity index (χ1) is 13.8. The molecule has 0 aliphatic rings. The van der Waals surface area contributed by atoms with Crippen LogP contribution in [0.3, 0.4) is 0 Å². The Kier molecular flexibility index (Phi) is 6.63. The zero-order chi connectivity index (χ0) is 21.0. The Morgan fingerprint density at radius 2 is 1.83 bits per heavy atom. The summed E-state index contributed by atoms with van der Waals surface area (Å²) in [6.45, 7) is 0. The number of H-pyrrole nitrogens is 1. The third-order valence-electron chi connectivity index (χ3n) is 3.63. The number of halogens is 2. The molecule has 7 nitrogen and oxygen atoms in total. The van der Waals surface area contributed by atoms with Crippen LogP contribution in [0.2, 0.25) is 10.0 Å². The molecule has 0 fully saturated rings. The van der Waals surface area contributed by atoms with E-state index in [0.29, 0.717) is 5.69 Å². The molecule has 0 radical (unpaired) electrons. The number of hydrogen-bond acceptors (Lipinski definition) is 6. The van der Waals surface area contributed by atoms with Crippen LogP contribution in [-0.2, 0) is 14.6 Å². The number of sulfone groups is 1. The Bertz CT molecular complexity index is 1220. The molecule has 0 bridgehead atoms. The second-order valence-electron chi connectivity index (χ2n) is 5.66. The minimum atomic E-state index is -4.14. The van der Waals surface area contributed by atoms with E-state index in [1.54, 1.807) is 24.3 Å². The maximum atomic E-state index is 12.7. The van der Waals surface area contributed by atoms with Gasteiger partial charge in [0.25, 0.3) is 5.56 Å². The number of amides is 1. The van der Waals surface area contributed by atoms with Gasteiger partial charge in [0.1, 0.15) is 0 Å². The first-order valence-electron chi connectivity index (χ1n) is 8.04. The molecule has 1 aromatic heterocycles. The molecule has 1 heterocycles. The lowest BCUT2D eigenvalue weighted by atomic mass is 10.3. The van der Waals surface area contributed by atoms with E-state index in [-0.39, 0.29) is 31.8 Å². The van der Waals surface area contributed by atoms with Gasteiger partial charge in [-0.1, -0.05) is 53.2 Å². The van der Waals surface area contributed by atoms with Gasteiger partial charge in [-0.05, 0) is 30.3 Å². The van der Waals surface area contributed by atoms with Gasteiger partial charge in [-0.25, -0.2) is 13.4 Å². The topological polar surface area (TPSA) is 109 Å². The Morgan fingerprint density at radius 3 is 2.48 bits per heavy atom. The van der Waals surface area contributed by atoms with Crippen LogP contribution in [0.15, 0.2) is 74.5 Å². The molecule has 0 aliphatic heterocycles. The van der Waals surface area contributed by atoms with Crippen LogP contribution in [0.1, 0.15) is 0 Å². The van der Waals surface area contributed by atoms with Gasteiger partial charge in [-0.15, -0.1) is 0 Å². The lowest BCUT2D eigenvalue weighted by molar-refractivity contribution is -0.113. The van der Waals surface area contributed by atoms with E-state index < -0.39 is 20.3 Å². The van der Waals surface area contributed by atoms with Crippen LogP contribution in [0.5, 0.6) is 0 Å². The van der Waals surface area contributed by atoms with Crippen molar-refractivity contribution in [1.29, 1.82) is 0 Å². The second kappa shape index (κ2) is 9.00. The van der Waals surface area contributed by atoms with Gasteiger partial charge in [0.2, 0.25) is 15.7 Å². The average Bonchev–Trinajstić information content (AvgIpc) is 2.69. The molecule has 2 aromatic carbocycles. The number of aromatic nitrogens is 2. The van der Waals surface area contributed by atoms with Crippen molar-refractivity contribution >= 4 is 56.4 Å². The summed E-state index contributed by atoms with van der Waals surface area (Å²) in [7, 11) is -4.14. The maximum Gasteiger partial charge on any atom is 0.270 e.